The lowest BCUT2D eigenvalue weighted by molar-refractivity contribution is -0.385. The second-order valence-electron chi connectivity index (χ2n) is 4.81. The van der Waals surface area contributed by atoms with Crippen LogP contribution >= 0.6 is 11.6 Å². The van der Waals surface area contributed by atoms with Crippen LogP contribution in [0.2, 0.25) is 5.02 Å². The van der Waals surface area contributed by atoms with Gasteiger partial charge < -0.3 is 5.11 Å². The molecule has 9 nitrogen and oxygen atoms in total. The second kappa shape index (κ2) is 6.59. The second-order valence-corrected chi connectivity index (χ2v) is 6.78. The van der Waals surface area contributed by atoms with Gasteiger partial charge in [0.15, 0.2) is 0 Å². The molecule has 2 rings (SSSR count). The number of ketones is 1. The Kier molecular flexibility index (Phi) is 4.88. The summed E-state index contributed by atoms with van der Waals surface area (Å²) in [5.41, 5.74) is -2.58. The zero-order valence-electron chi connectivity index (χ0n) is 12.2. The number of hydrogen-bond acceptors (Lipinski definition) is 6. The van der Waals surface area contributed by atoms with E-state index in [4.69, 9.17) is 21.8 Å². The number of nitro benzene ring substituents is 1. The number of hydrogen-bond donors (Lipinski definition) is 2. The highest BCUT2D eigenvalue weighted by atomic mass is 35.5. The molecule has 0 bridgehead atoms. The van der Waals surface area contributed by atoms with Crippen LogP contribution in [0.3, 0.4) is 0 Å². The fourth-order valence-corrected chi connectivity index (χ4v) is 2.97. The van der Waals surface area contributed by atoms with Gasteiger partial charge in [-0.25, -0.2) is 18.4 Å². The number of nitrogens with zero attached hydrogens (tertiary/aromatic N) is 1. The van der Waals surface area contributed by atoms with Crippen LogP contribution in [0.5, 0.6) is 0 Å². The van der Waals surface area contributed by atoms with E-state index >= 15 is 0 Å². The molecule has 2 aromatic carbocycles. The Labute approximate surface area is 145 Å². The van der Waals surface area contributed by atoms with E-state index in [0.717, 1.165) is 0 Å². The summed E-state index contributed by atoms with van der Waals surface area (Å²) < 4.78 is 23.6. The minimum absolute atomic E-state index is 0.0829. The van der Waals surface area contributed by atoms with Crippen LogP contribution in [0.1, 0.15) is 26.3 Å². The summed E-state index contributed by atoms with van der Waals surface area (Å²) in [5.74, 6) is -2.62. The van der Waals surface area contributed by atoms with E-state index in [1.54, 1.807) is 0 Å². The van der Waals surface area contributed by atoms with Gasteiger partial charge in [-0.3, -0.25) is 14.9 Å². The molecular weight excluding hydrogens is 376 g/mol. The molecule has 0 aliphatic rings. The molecule has 0 saturated carbocycles. The van der Waals surface area contributed by atoms with Crippen molar-refractivity contribution < 1.29 is 28.0 Å². The third-order valence-electron chi connectivity index (χ3n) is 3.17. The largest absolute Gasteiger partial charge is 0.478 e. The summed E-state index contributed by atoms with van der Waals surface area (Å²) in [6.45, 7) is 0. The highest BCUT2D eigenvalue weighted by Gasteiger charge is 2.32. The molecule has 0 heterocycles. The van der Waals surface area contributed by atoms with Gasteiger partial charge in [0.1, 0.15) is 10.5 Å². The Balaban J connectivity index is 2.86. The monoisotopic (exact) mass is 384 g/mol. The molecule has 130 valence electrons. The maximum Gasteiger partial charge on any atom is 0.335 e. The molecule has 0 atom stereocenters. The third-order valence-corrected chi connectivity index (χ3v) is 4.35. The predicted molar refractivity (Wildman–Crippen MR) is 86.3 cm³/mol. The van der Waals surface area contributed by atoms with Gasteiger partial charge in [0.05, 0.1) is 10.5 Å². The number of carboxylic acid groups (broad SMARTS) is 1. The number of halogens is 1. The molecule has 0 aliphatic heterocycles. The third kappa shape index (κ3) is 3.82. The topological polar surface area (TPSA) is 158 Å². The van der Waals surface area contributed by atoms with E-state index in [1.165, 1.54) is 24.3 Å². The first-order chi connectivity index (χ1) is 11.5. The molecule has 0 unspecified atom stereocenters. The summed E-state index contributed by atoms with van der Waals surface area (Å²) in [6, 6.07) is 6.36. The van der Waals surface area contributed by atoms with Crippen molar-refractivity contribution in [3.8, 4) is 0 Å². The molecule has 25 heavy (non-hydrogen) atoms. The average Bonchev–Trinajstić information content (AvgIpc) is 2.52. The number of aromatic carboxylic acids is 1. The number of carbonyl (C=O) groups is 2. The van der Waals surface area contributed by atoms with E-state index in [0.29, 0.717) is 17.2 Å². The standard InChI is InChI=1S/C14H9ClN2O7S/c15-9-3-1-7(2-4-9)13(18)12-10(17(21)22)5-8(14(19)20)6-11(12)25(16,23)24/h1-6H,(H,19,20)(H2,16,23,24). The Morgan fingerprint density at radius 2 is 1.68 bits per heavy atom. The zero-order chi connectivity index (χ0) is 18.9. The fraction of sp³-hybridized carbons (Fsp3) is 0. The molecule has 0 aromatic heterocycles. The smallest absolute Gasteiger partial charge is 0.335 e. The minimum atomic E-state index is -4.62. The molecule has 0 saturated heterocycles. The summed E-state index contributed by atoms with van der Waals surface area (Å²) in [6.07, 6.45) is 0. The van der Waals surface area contributed by atoms with Crippen LogP contribution < -0.4 is 5.14 Å². The van der Waals surface area contributed by atoms with Gasteiger partial charge in [-0.2, -0.15) is 0 Å². The van der Waals surface area contributed by atoms with E-state index in [2.05, 4.69) is 0 Å². The van der Waals surface area contributed by atoms with Crippen molar-refractivity contribution in [1.82, 2.24) is 0 Å². The van der Waals surface area contributed by atoms with E-state index in [-0.39, 0.29) is 5.56 Å². The molecular formula is C14H9ClN2O7S. The van der Waals surface area contributed by atoms with Crippen LogP contribution in [-0.2, 0) is 10.0 Å². The summed E-state index contributed by atoms with van der Waals surface area (Å²) >= 11 is 5.70. The predicted octanol–water partition coefficient (Wildman–Crippen LogP) is 1.82. The van der Waals surface area contributed by atoms with E-state index in [9.17, 15) is 28.1 Å². The van der Waals surface area contributed by atoms with Gasteiger partial charge in [0.2, 0.25) is 15.8 Å². The van der Waals surface area contributed by atoms with Gasteiger partial charge in [-0.05, 0) is 30.3 Å². The summed E-state index contributed by atoms with van der Waals surface area (Å²) in [4.78, 5) is 33.0. The lowest BCUT2D eigenvalue weighted by Crippen LogP contribution is -2.20. The van der Waals surface area contributed by atoms with Gasteiger partial charge in [-0.15, -0.1) is 0 Å². The molecule has 0 fully saturated rings. The quantitative estimate of drug-likeness (QED) is 0.452. The van der Waals surface area contributed by atoms with Crippen molar-refractivity contribution in [3.63, 3.8) is 0 Å². The molecule has 0 spiro atoms. The maximum absolute atomic E-state index is 12.6. The Hall–Kier alpha value is -2.82. The normalized spacial score (nSPS) is 11.1. The Morgan fingerprint density at radius 3 is 2.12 bits per heavy atom. The first-order valence-electron chi connectivity index (χ1n) is 6.41. The number of carboxylic acids is 1. The Bertz CT molecular complexity index is 1000. The SMILES string of the molecule is NS(=O)(=O)c1cc(C(=O)O)cc([N+](=O)[O-])c1C(=O)c1ccc(Cl)cc1. The highest BCUT2D eigenvalue weighted by Crippen LogP contribution is 2.30. The van der Waals surface area contributed by atoms with Crippen LogP contribution in [0.25, 0.3) is 0 Å². The van der Waals surface area contributed by atoms with Gasteiger partial charge in [0.25, 0.3) is 5.69 Å². The lowest BCUT2D eigenvalue weighted by Gasteiger charge is -2.09. The highest BCUT2D eigenvalue weighted by molar-refractivity contribution is 7.89. The fourth-order valence-electron chi connectivity index (χ4n) is 2.07. The lowest BCUT2D eigenvalue weighted by atomic mass is 10.00. The summed E-state index contributed by atoms with van der Waals surface area (Å²) in [7, 11) is -4.62. The van der Waals surface area contributed by atoms with Crippen molar-refractivity contribution in [2.24, 2.45) is 5.14 Å². The molecule has 0 radical (unpaired) electrons. The van der Waals surface area contributed by atoms with Crippen molar-refractivity contribution in [1.29, 1.82) is 0 Å². The number of benzene rings is 2. The van der Waals surface area contributed by atoms with Crippen LogP contribution in [0, 0.1) is 10.1 Å². The molecule has 0 aliphatic carbocycles. The number of carbonyl (C=O) groups excluding carboxylic acids is 1. The number of sulfonamides is 1. The average molecular weight is 385 g/mol. The summed E-state index contributed by atoms with van der Waals surface area (Å²) in [5, 5.41) is 25.6. The number of nitro groups is 1. The van der Waals surface area contributed by atoms with Crippen LogP contribution in [0.15, 0.2) is 41.3 Å². The van der Waals surface area contributed by atoms with Crippen molar-refractivity contribution >= 4 is 39.1 Å². The van der Waals surface area contributed by atoms with E-state index < -0.39 is 48.4 Å². The number of primary sulfonamides is 1. The van der Waals surface area contributed by atoms with E-state index in [1.807, 2.05) is 0 Å². The van der Waals surface area contributed by atoms with Gasteiger partial charge >= 0.3 is 5.97 Å². The van der Waals surface area contributed by atoms with Crippen molar-refractivity contribution in [2.75, 3.05) is 0 Å². The molecule has 3 N–H and O–H groups in total. The first-order valence-corrected chi connectivity index (χ1v) is 8.33. The van der Waals surface area contributed by atoms with Crippen molar-refractivity contribution in [2.45, 2.75) is 4.90 Å². The van der Waals surface area contributed by atoms with Crippen LogP contribution in [0.4, 0.5) is 5.69 Å². The van der Waals surface area contributed by atoms with Gasteiger partial charge in [-0.1, -0.05) is 11.6 Å². The number of nitrogens with two attached hydrogens (primary N) is 1. The molecule has 0 amide bonds. The first kappa shape index (κ1) is 18.5. The minimum Gasteiger partial charge on any atom is -0.478 e. The maximum atomic E-state index is 12.6. The zero-order valence-corrected chi connectivity index (χ0v) is 13.7. The number of rotatable bonds is 5. The molecule has 11 heteroatoms. The van der Waals surface area contributed by atoms with Crippen LogP contribution in [-0.4, -0.2) is 30.2 Å². The Morgan fingerprint density at radius 1 is 1.12 bits per heavy atom. The molecule has 2 aromatic rings. The van der Waals surface area contributed by atoms with Gasteiger partial charge in [0, 0.05) is 16.7 Å². The van der Waals surface area contributed by atoms with Crippen molar-refractivity contribution in [3.05, 3.63) is 68.2 Å².